The van der Waals surface area contributed by atoms with E-state index in [0.717, 1.165) is 49.3 Å². The van der Waals surface area contributed by atoms with Crippen LogP contribution in [-0.4, -0.2) is 24.7 Å². The monoisotopic (exact) mass is 378 g/mol. The summed E-state index contributed by atoms with van der Waals surface area (Å²) in [5, 5.41) is 1.34. The molecule has 0 aliphatic carbocycles. The number of hydrogen-bond acceptors (Lipinski definition) is 3. The molecular weight excluding hydrogens is 348 g/mol. The number of nitrogens with two attached hydrogens (primary N) is 1. The van der Waals surface area contributed by atoms with Crippen molar-refractivity contribution in [3.63, 3.8) is 0 Å². The minimum Gasteiger partial charge on any atom is -0.486 e. The van der Waals surface area contributed by atoms with Crippen molar-refractivity contribution in [1.29, 1.82) is 0 Å². The summed E-state index contributed by atoms with van der Waals surface area (Å²) in [6, 6.07) is 13.1. The minimum atomic E-state index is 0.604. The van der Waals surface area contributed by atoms with E-state index in [9.17, 15) is 0 Å². The highest BCUT2D eigenvalue weighted by molar-refractivity contribution is 5.91. The lowest BCUT2D eigenvalue weighted by atomic mass is 9.98. The van der Waals surface area contributed by atoms with Crippen LogP contribution < -0.4 is 15.2 Å². The summed E-state index contributed by atoms with van der Waals surface area (Å²) < 4.78 is 11.5. The number of rotatable bonds is 8. The van der Waals surface area contributed by atoms with Crippen LogP contribution in [0.15, 0.2) is 36.4 Å². The number of benzene rings is 2. The maximum absolute atomic E-state index is 5.81. The number of H-pyrrole nitrogens is 1. The number of aryl methyl sites for hydroxylation is 2. The zero-order chi connectivity index (χ0) is 19.3. The SMILES string of the molecule is CCCCc1ccc2[nH]c(-c3ccc4c(c3)OCCO4)c(CCCCN)c2c1. The molecule has 1 aliphatic rings. The molecule has 0 radical (unpaired) electrons. The predicted octanol–water partition coefficient (Wildman–Crippen LogP) is 5.23. The maximum Gasteiger partial charge on any atom is 0.162 e. The van der Waals surface area contributed by atoms with Crippen LogP contribution >= 0.6 is 0 Å². The van der Waals surface area contributed by atoms with Gasteiger partial charge in [-0.2, -0.15) is 0 Å². The Morgan fingerprint density at radius 3 is 2.61 bits per heavy atom. The normalized spacial score (nSPS) is 13.2. The molecule has 0 saturated heterocycles. The average molecular weight is 379 g/mol. The van der Waals surface area contributed by atoms with Gasteiger partial charge in [-0.15, -0.1) is 0 Å². The smallest absolute Gasteiger partial charge is 0.162 e. The number of aromatic amines is 1. The lowest BCUT2D eigenvalue weighted by Crippen LogP contribution is -2.15. The fourth-order valence-electron chi connectivity index (χ4n) is 3.98. The summed E-state index contributed by atoms with van der Waals surface area (Å²) in [6.45, 7) is 4.20. The van der Waals surface area contributed by atoms with E-state index in [4.69, 9.17) is 15.2 Å². The first-order valence-corrected chi connectivity index (χ1v) is 10.5. The molecule has 0 amide bonds. The van der Waals surface area contributed by atoms with E-state index in [0.29, 0.717) is 13.2 Å². The molecule has 1 aromatic heterocycles. The molecule has 3 aromatic rings. The summed E-state index contributed by atoms with van der Waals surface area (Å²) in [6.07, 6.45) is 6.75. The molecule has 0 unspecified atom stereocenters. The van der Waals surface area contributed by atoms with Gasteiger partial charge in [-0.3, -0.25) is 0 Å². The van der Waals surface area contributed by atoms with E-state index in [2.05, 4.69) is 42.2 Å². The predicted molar refractivity (Wildman–Crippen MR) is 115 cm³/mol. The van der Waals surface area contributed by atoms with Crippen LogP contribution in [0, 0.1) is 0 Å². The van der Waals surface area contributed by atoms with Crippen LogP contribution in [0.1, 0.15) is 43.7 Å². The maximum atomic E-state index is 5.81. The van der Waals surface area contributed by atoms with E-state index < -0.39 is 0 Å². The zero-order valence-electron chi connectivity index (χ0n) is 16.7. The number of nitrogens with one attached hydrogen (secondary N) is 1. The highest BCUT2D eigenvalue weighted by Crippen LogP contribution is 2.38. The molecular formula is C24H30N2O2. The van der Waals surface area contributed by atoms with Crippen LogP contribution in [0.25, 0.3) is 22.2 Å². The molecule has 0 bridgehead atoms. The minimum absolute atomic E-state index is 0.604. The van der Waals surface area contributed by atoms with Gasteiger partial charge in [0.25, 0.3) is 0 Å². The Labute approximate surface area is 167 Å². The van der Waals surface area contributed by atoms with Crippen molar-refractivity contribution in [2.75, 3.05) is 19.8 Å². The standard InChI is InChI=1S/C24H30N2O2/c1-2-3-6-17-8-10-21-20(15-17)19(7-4-5-12-25)24(26-21)18-9-11-22-23(16-18)28-14-13-27-22/h8-11,15-16,26H,2-7,12-14,25H2,1H3. The van der Waals surface area contributed by atoms with Gasteiger partial charge in [0.05, 0.1) is 0 Å². The Kier molecular flexibility index (Phi) is 5.87. The Balaban J connectivity index is 1.76. The second kappa shape index (κ2) is 8.70. The van der Waals surface area contributed by atoms with Gasteiger partial charge in [0.15, 0.2) is 11.5 Å². The number of aromatic nitrogens is 1. The third-order valence-electron chi connectivity index (χ3n) is 5.50. The summed E-state index contributed by atoms with van der Waals surface area (Å²) in [5.41, 5.74) is 12.1. The largest absolute Gasteiger partial charge is 0.486 e. The van der Waals surface area contributed by atoms with Crippen molar-refractivity contribution < 1.29 is 9.47 Å². The van der Waals surface area contributed by atoms with Crippen LogP contribution in [0.3, 0.4) is 0 Å². The van der Waals surface area contributed by atoms with Gasteiger partial charge in [-0.05, 0) is 80.1 Å². The first-order valence-electron chi connectivity index (χ1n) is 10.5. The number of fused-ring (bicyclic) bond motifs is 2. The van der Waals surface area contributed by atoms with Gasteiger partial charge in [0.1, 0.15) is 13.2 Å². The van der Waals surface area contributed by atoms with Gasteiger partial charge in [0, 0.05) is 22.2 Å². The summed E-state index contributed by atoms with van der Waals surface area (Å²) >= 11 is 0. The number of unbranched alkanes of at least 4 members (excludes halogenated alkanes) is 2. The topological polar surface area (TPSA) is 60.3 Å². The first-order chi connectivity index (χ1) is 13.8. The van der Waals surface area contributed by atoms with Gasteiger partial charge < -0.3 is 20.2 Å². The van der Waals surface area contributed by atoms with Crippen LogP contribution in [0.4, 0.5) is 0 Å². The van der Waals surface area contributed by atoms with Crippen molar-refractivity contribution in [2.45, 2.75) is 45.4 Å². The molecule has 0 atom stereocenters. The van der Waals surface area contributed by atoms with Crippen molar-refractivity contribution >= 4 is 10.9 Å². The van der Waals surface area contributed by atoms with E-state index in [1.165, 1.54) is 40.6 Å². The van der Waals surface area contributed by atoms with E-state index in [1.807, 2.05) is 6.07 Å². The molecule has 148 valence electrons. The highest BCUT2D eigenvalue weighted by Gasteiger charge is 2.17. The Morgan fingerprint density at radius 1 is 0.929 bits per heavy atom. The van der Waals surface area contributed by atoms with E-state index in [-0.39, 0.29) is 0 Å². The van der Waals surface area contributed by atoms with Crippen LogP contribution in [-0.2, 0) is 12.8 Å². The first kappa shape index (κ1) is 18.9. The number of ether oxygens (including phenoxy) is 2. The van der Waals surface area contributed by atoms with E-state index in [1.54, 1.807) is 0 Å². The third kappa shape index (κ3) is 3.88. The fraction of sp³-hybridized carbons (Fsp3) is 0.417. The second-order valence-corrected chi connectivity index (χ2v) is 7.57. The van der Waals surface area contributed by atoms with Gasteiger partial charge >= 0.3 is 0 Å². The number of hydrogen-bond donors (Lipinski definition) is 2. The molecule has 28 heavy (non-hydrogen) atoms. The zero-order valence-corrected chi connectivity index (χ0v) is 16.7. The summed E-state index contributed by atoms with van der Waals surface area (Å²) in [7, 11) is 0. The Bertz CT molecular complexity index is 945. The molecule has 4 nitrogen and oxygen atoms in total. The van der Waals surface area contributed by atoms with Gasteiger partial charge in [-0.1, -0.05) is 19.4 Å². The molecule has 1 aliphatic heterocycles. The van der Waals surface area contributed by atoms with Crippen molar-refractivity contribution in [3.05, 3.63) is 47.5 Å². The summed E-state index contributed by atoms with van der Waals surface area (Å²) in [5.74, 6) is 1.66. The lowest BCUT2D eigenvalue weighted by Gasteiger charge is -2.19. The Hall–Kier alpha value is -2.46. The van der Waals surface area contributed by atoms with Crippen LogP contribution in [0.2, 0.25) is 0 Å². The molecule has 4 heteroatoms. The van der Waals surface area contributed by atoms with E-state index >= 15 is 0 Å². The highest BCUT2D eigenvalue weighted by atomic mass is 16.6. The second-order valence-electron chi connectivity index (χ2n) is 7.57. The summed E-state index contributed by atoms with van der Waals surface area (Å²) in [4.78, 5) is 3.67. The average Bonchev–Trinajstić information content (AvgIpc) is 3.10. The van der Waals surface area contributed by atoms with Crippen molar-refractivity contribution in [3.8, 4) is 22.8 Å². The van der Waals surface area contributed by atoms with Gasteiger partial charge in [0.2, 0.25) is 0 Å². The van der Waals surface area contributed by atoms with Crippen LogP contribution in [0.5, 0.6) is 11.5 Å². The molecule has 2 aromatic carbocycles. The molecule has 2 heterocycles. The molecule has 4 rings (SSSR count). The molecule has 3 N–H and O–H groups in total. The molecule has 0 saturated carbocycles. The molecule has 0 spiro atoms. The molecule has 0 fully saturated rings. The fourth-order valence-corrected chi connectivity index (χ4v) is 3.98. The lowest BCUT2D eigenvalue weighted by molar-refractivity contribution is 0.171. The third-order valence-corrected chi connectivity index (χ3v) is 5.50. The van der Waals surface area contributed by atoms with Crippen molar-refractivity contribution in [1.82, 2.24) is 4.98 Å². The quantitative estimate of drug-likeness (QED) is 0.528. The Morgan fingerprint density at radius 2 is 1.79 bits per heavy atom. The van der Waals surface area contributed by atoms with Crippen molar-refractivity contribution in [2.24, 2.45) is 5.73 Å². The van der Waals surface area contributed by atoms with Gasteiger partial charge in [-0.25, -0.2) is 0 Å².